The molecule has 5 nitrogen and oxygen atoms in total. The van der Waals surface area contributed by atoms with Gasteiger partial charge in [-0.05, 0) is 36.9 Å². The van der Waals surface area contributed by atoms with Gasteiger partial charge >= 0.3 is 0 Å². The molecule has 1 saturated carbocycles. The Morgan fingerprint density at radius 3 is 2.76 bits per heavy atom. The SMILES string of the molecule is Cc1cccc(C(=S)c2nn(C3CCCC3)c3nc(Cl)nc(N)c23)c1. The summed E-state index contributed by atoms with van der Waals surface area (Å²) in [6, 6.07) is 8.38. The van der Waals surface area contributed by atoms with Crippen molar-refractivity contribution in [2.24, 2.45) is 0 Å². The number of nitrogens with zero attached hydrogens (tertiary/aromatic N) is 4. The summed E-state index contributed by atoms with van der Waals surface area (Å²) >= 11 is 11.8. The van der Waals surface area contributed by atoms with Gasteiger partial charge in [0.05, 0.1) is 16.3 Å². The van der Waals surface area contributed by atoms with Gasteiger partial charge in [-0.25, -0.2) is 9.67 Å². The van der Waals surface area contributed by atoms with Crippen LogP contribution in [0.15, 0.2) is 24.3 Å². The summed E-state index contributed by atoms with van der Waals surface area (Å²) < 4.78 is 1.95. The number of hydrogen-bond donors (Lipinski definition) is 1. The van der Waals surface area contributed by atoms with E-state index < -0.39 is 0 Å². The molecule has 4 rings (SSSR count). The molecule has 0 unspecified atom stereocenters. The third kappa shape index (κ3) is 2.89. The van der Waals surface area contributed by atoms with Gasteiger partial charge in [0.2, 0.25) is 5.28 Å². The molecule has 0 atom stereocenters. The van der Waals surface area contributed by atoms with E-state index in [9.17, 15) is 0 Å². The van der Waals surface area contributed by atoms with Crippen LogP contribution in [0.3, 0.4) is 0 Å². The third-order valence-corrected chi connectivity index (χ3v) is 5.32. The number of anilines is 1. The molecule has 3 aromatic rings. The van der Waals surface area contributed by atoms with E-state index in [0.717, 1.165) is 24.0 Å². The molecule has 0 radical (unpaired) electrons. The zero-order valence-electron chi connectivity index (χ0n) is 13.9. The molecule has 7 heteroatoms. The number of benzene rings is 1. The summed E-state index contributed by atoms with van der Waals surface area (Å²) in [6.07, 6.45) is 4.54. The normalized spacial score (nSPS) is 15.1. The number of aryl methyl sites for hydroxylation is 1. The molecule has 0 aliphatic heterocycles. The molecule has 2 aromatic heterocycles. The summed E-state index contributed by atoms with van der Waals surface area (Å²) in [4.78, 5) is 9.18. The fourth-order valence-corrected chi connectivity index (χ4v) is 3.96. The van der Waals surface area contributed by atoms with E-state index in [1.807, 2.05) is 29.8 Å². The molecular weight excluding hydrogens is 354 g/mol. The van der Waals surface area contributed by atoms with Gasteiger partial charge in [-0.3, -0.25) is 0 Å². The van der Waals surface area contributed by atoms with Crippen LogP contribution in [0.5, 0.6) is 0 Å². The van der Waals surface area contributed by atoms with Crippen molar-refractivity contribution in [3.05, 3.63) is 46.4 Å². The smallest absolute Gasteiger partial charge is 0.226 e. The average molecular weight is 372 g/mol. The second-order valence-corrected chi connectivity index (χ2v) is 7.25. The van der Waals surface area contributed by atoms with Crippen molar-refractivity contribution in [3.8, 4) is 0 Å². The Morgan fingerprint density at radius 1 is 1.28 bits per heavy atom. The quantitative estimate of drug-likeness (QED) is 0.423. The fraction of sp³-hybridized carbons (Fsp3) is 0.333. The maximum Gasteiger partial charge on any atom is 0.226 e. The summed E-state index contributed by atoms with van der Waals surface area (Å²) in [5.74, 6) is 0.323. The van der Waals surface area contributed by atoms with Crippen molar-refractivity contribution in [3.63, 3.8) is 0 Å². The largest absolute Gasteiger partial charge is 0.383 e. The second-order valence-electron chi connectivity index (χ2n) is 6.51. The zero-order valence-corrected chi connectivity index (χ0v) is 15.4. The molecule has 0 bridgehead atoms. The van der Waals surface area contributed by atoms with Crippen molar-refractivity contribution in [1.82, 2.24) is 19.7 Å². The number of halogens is 1. The first-order valence-corrected chi connectivity index (χ1v) is 9.16. The Hall–Kier alpha value is -2.05. The molecule has 2 N–H and O–H groups in total. The van der Waals surface area contributed by atoms with Gasteiger partial charge in [-0.2, -0.15) is 10.1 Å². The van der Waals surface area contributed by atoms with Gasteiger partial charge in [0.15, 0.2) is 5.65 Å². The van der Waals surface area contributed by atoms with Gasteiger partial charge in [-0.15, -0.1) is 0 Å². The van der Waals surface area contributed by atoms with E-state index in [2.05, 4.69) is 16.0 Å². The number of fused-ring (bicyclic) bond motifs is 1. The highest BCUT2D eigenvalue weighted by atomic mass is 35.5. The Bertz CT molecular complexity index is 975. The van der Waals surface area contributed by atoms with Crippen molar-refractivity contribution in [1.29, 1.82) is 0 Å². The van der Waals surface area contributed by atoms with Crippen LogP contribution < -0.4 is 5.73 Å². The van der Waals surface area contributed by atoms with Gasteiger partial charge in [0.25, 0.3) is 0 Å². The van der Waals surface area contributed by atoms with Gasteiger partial charge in [0.1, 0.15) is 11.5 Å². The number of aromatic nitrogens is 4. The van der Waals surface area contributed by atoms with Crippen LogP contribution in [-0.2, 0) is 0 Å². The lowest BCUT2D eigenvalue weighted by molar-refractivity contribution is 0.478. The van der Waals surface area contributed by atoms with E-state index in [4.69, 9.17) is 34.7 Å². The lowest BCUT2D eigenvalue weighted by atomic mass is 10.1. The van der Waals surface area contributed by atoms with Crippen molar-refractivity contribution < 1.29 is 0 Å². The topological polar surface area (TPSA) is 69.6 Å². The molecule has 0 spiro atoms. The Labute approximate surface area is 156 Å². The first-order chi connectivity index (χ1) is 12.0. The lowest BCUT2D eigenvalue weighted by Crippen LogP contribution is -2.09. The predicted molar refractivity (Wildman–Crippen MR) is 104 cm³/mol. The number of hydrogen-bond acceptors (Lipinski definition) is 5. The fourth-order valence-electron chi connectivity index (χ4n) is 3.52. The highest BCUT2D eigenvalue weighted by molar-refractivity contribution is 7.81. The van der Waals surface area contributed by atoms with Crippen LogP contribution in [0.25, 0.3) is 11.0 Å². The molecular formula is C18H18ClN5S. The van der Waals surface area contributed by atoms with Crippen LogP contribution >= 0.6 is 23.8 Å². The number of rotatable bonds is 3. The van der Waals surface area contributed by atoms with Crippen LogP contribution in [0, 0.1) is 6.92 Å². The van der Waals surface area contributed by atoms with Crippen molar-refractivity contribution in [2.75, 3.05) is 5.73 Å². The van der Waals surface area contributed by atoms with Crippen molar-refractivity contribution >= 4 is 45.5 Å². The van der Waals surface area contributed by atoms with E-state index in [-0.39, 0.29) is 5.28 Å². The number of nitrogens with two attached hydrogens (primary N) is 1. The number of nitrogen functional groups attached to an aromatic ring is 1. The molecule has 1 aliphatic rings. The van der Waals surface area contributed by atoms with E-state index in [0.29, 0.717) is 33.5 Å². The highest BCUT2D eigenvalue weighted by Gasteiger charge is 2.26. The monoisotopic (exact) mass is 371 g/mol. The molecule has 1 aliphatic carbocycles. The first kappa shape index (κ1) is 16.4. The molecule has 128 valence electrons. The Balaban J connectivity index is 1.93. The Kier molecular flexibility index (Phi) is 4.17. The van der Waals surface area contributed by atoms with Crippen LogP contribution in [0.2, 0.25) is 5.28 Å². The van der Waals surface area contributed by atoms with Gasteiger partial charge in [-0.1, -0.05) is 54.9 Å². The van der Waals surface area contributed by atoms with Crippen LogP contribution in [0.1, 0.15) is 48.5 Å². The minimum absolute atomic E-state index is 0.136. The second kappa shape index (κ2) is 6.35. The molecule has 0 amide bonds. The third-order valence-electron chi connectivity index (χ3n) is 4.72. The maximum absolute atomic E-state index is 6.17. The molecule has 25 heavy (non-hydrogen) atoms. The van der Waals surface area contributed by atoms with E-state index in [1.165, 1.54) is 12.8 Å². The minimum Gasteiger partial charge on any atom is -0.383 e. The average Bonchev–Trinajstić information content (AvgIpc) is 3.21. The molecule has 0 saturated heterocycles. The minimum atomic E-state index is 0.136. The first-order valence-electron chi connectivity index (χ1n) is 8.37. The molecule has 1 fully saturated rings. The summed E-state index contributed by atoms with van der Waals surface area (Å²) in [7, 11) is 0. The van der Waals surface area contributed by atoms with Crippen LogP contribution in [-0.4, -0.2) is 24.6 Å². The van der Waals surface area contributed by atoms with Crippen LogP contribution in [0.4, 0.5) is 5.82 Å². The maximum atomic E-state index is 6.17. The highest BCUT2D eigenvalue weighted by Crippen LogP contribution is 2.34. The molecule has 2 heterocycles. The lowest BCUT2D eigenvalue weighted by Gasteiger charge is -2.10. The zero-order chi connectivity index (χ0) is 17.6. The molecule has 1 aromatic carbocycles. The number of thiocarbonyl (C=S) groups is 1. The standard InChI is InChI=1S/C18H18ClN5S/c1-10-5-4-6-11(9-10)15(25)14-13-16(20)21-18(19)22-17(13)24(23-14)12-7-2-3-8-12/h4-6,9,12H,2-3,7-8H2,1H3,(H2,20,21,22). The summed E-state index contributed by atoms with van der Waals surface area (Å²) in [5.41, 5.74) is 9.60. The van der Waals surface area contributed by atoms with E-state index >= 15 is 0 Å². The van der Waals surface area contributed by atoms with Gasteiger partial charge in [0, 0.05) is 0 Å². The summed E-state index contributed by atoms with van der Waals surface area (Å²) in [5, 5.41) is 5.65. The summed E-state index contributed by atoms with van der Waals surface area (Å²) in [6.45, 7) is 2.04. The van der Waals surface area contributed by atoms with Crippen molar-refractivity contribution in [2.45, 2.75) is 38.6 Å². The predicted octanol–water partition coefficient (Wildman–Crippen LogP) is 4.25. The van der Waals surface area contributed by atoms with E-state index in [1.54, 1.807) is 0 Å². The Morgan fingerprint density at radius 2 is 2.04 bits per heavy atom. The van der Waals surface area contributed by atoms with Gasteiger partial charge < -0.3 is 5.73 Å².